The van der Waals surface area contributed by atoms with Gasteiger partial charge in [-0.1, -0.05) is 57.9 Å². The van der Waals surface area contributed by atoms with Crippen LogP contribution in [0.25, 0.3) is 10.1 Å². The fourth-order valence-electron chi connectivity index (χ4n) is 3.08. The average Bonchev–Trinajstić information content (AvgIpc) is 2.99. The molecule has 0 spiro atoms. The highest BCUT2D eigenvalue weighted by Crippen LogP contribution is 2.37. The van der Waals surface area contributed by atoms with Crippen LogP contribution in [0.15, 0.2) is 52.7 Å². The van der Waals surface area contributed by atoms with Crippen molar-refractivity contribution in [3.8, 4) is 0 Å². The van der Waals surface area contributed by atoms with Gasteiger partial charge in [0.25, 0.3) is 10.0 Å². The topological polar surface area (TPSA) is 37.4 Å². The number of aryl methyl sites for hydroxylation is 2. The molecule has 0 fully saturated rings. The van der Waals surface area contributed by atoms with Crippen LogP contribution >= 0.6 is 38.9 Å². The van der Waals surface area contributed by atoms with Gasteiger partial charge >= 0.3 is 0 Å². The molecular formula is C20H21BrClNO2S2. The predicted molar refractivity (Wildman–Crippen MR) is 119 cm³/mol. The molecule has 0 amide bonds. The lowest BCUT2D eigenvalue weighted by atomic mass is 10.1. The van der Waals surface area contributed by atoms with E-state index in [1.54, 1.807) is 10.4 Å². The first-order chi connectivity index (χ1) is 12.9. The second-order valence-corrected chi connectivity index (χ2v) is 10.8. The summed E-state index contributed by atoms with van der Waals surface area (Å²) in [5.41, 5.74) is 2.00. The van der Waals surface area contributed by atoms with Crippen LogP contribution in [0, 0.1) is 6.92 Å². The lowest BCUT2D eigenvalue weighted by molar-refractivity contribution is 0.425. The second-order valence-electron chi connectivity index (χ2n) is 6.34. The summed E-state index contributed by atoms with van der Waals surface area (Å²) in [5, 5.41) is 2.13. The first-order valence-electron chi connectivity index (χ1n) is 8.72. The van der Waals surface area contributed by atoms with E-state index >= 15 is 0 Å². The smallest absolute Gasteiger partial charge is 0.206 e. The van der Waals surface area contributed by atoms with Crippen molar-refractivity contribution >= 4 is 59.0 Å². The first-order valence-corrected chi connectivity index (χ1v) is 12.5. The number of rotatable bonds is 8. The van der Waals surface area contributed by atoms with E-state index in [1.807, 2.05) is 37.3 Å². The molecule has 0 radical (unpaired) electrons. The van der Waals surface area contributed by atoms with Gasteiger partial charge in [-0.3, -0.25) is 0 Å². The lowest BCUT2D eigenvalue weighted by Gasteiger charge is -2.21. The van der Waals surface area contributed by atoms with Gasteiger partial charge < -0.3 is 0 Å². The Morgan fingerprint density at radius 1 is 1.11 bits per heavy atom. The number of fused-ring (bicyclic) bond motifs is 1. The number of hydrogen-bond donors (Lipinski definition) is 0. The van der Waals surface area contributed by atoms with Crippen LogP contribution in [0.4, 0.5) is 0 Å². The van der Waals surface area contributed by atoms with Gasteiger partial charge in [0.2, 0.25) is 0 Å². The van der Waals surface area contributed by atoms with Gasteiger partial charge in [0.05, 0.1) is 0 Å². The third-order valence-corrected chi connectivity index (χ3v) is 8.84. The highest BCUT2D eigenvalue weighted by atomic mass is 79.9. The van der Waals surface area contributed by atoms with Crippen molar-refractivity contribution in [1.29, 1.82) is 0 Å². The monoisotopic (exact) mass is 485 g/mol. The molecule has 1 heterocycles. The maximum absolute atomic E-state index is 13.3. The number of hydrogen-bond acceptors (Lipinski definition) is 3. The van der Waals surface area contributed by atoms with E-state index in [1.165, 1.54) is 16.9 Å². The molecule has 0 aliphatic rings. The molecule has 0 atom stereocenters. The zero-order valence-corrected chi connectivity index (χ0v) is 19.0. The molecule has 1 aromatic heterocycles. The van der Waals surface area contributed by atoms with Crippen molar-refractivity contribution in [2.24, 2.45) is 0 Å². The maximum Gasteiger partial charge on any atom is 0.252 e. The minimum atomic E-state index is -3.54. The summed E-state index contributed by atoms with van der Waals surface area (Å²) in [5.74, 6) is 0. The number of halogens is 2. The Kier molecular flexibility index (Phi) is 6.98. The molecule has 0 saturated heterocycles. The molecule has 0 unspecified atom stereocenters. The third-order valence-electron chi connectivity index (χ3n) is 4.48. The maximum atomic E-state index is 13.3. The number of thiophene rings is 1. The van der Waals surface area contributed by atoms with Crippen molar-refractivity contribution in [2.45, 2.75) is 24.0 Å². The molecule has 0 aliphatic heterocycles. The summed E-state index contributed by atoms with van der Waals surface area (Å²) in [6.45, 7) is 2.81. The van der Waals surface area contributed by atoms with Gasteiger partial charge in [-0.25, -0.2) is 8.42 Å². The number of alkyl halides is 1. The molecule has 0 bridgehead atoms. The summed E-state index contributed by atoms with van der Waals surface area (Å²) >= 11 is 10.8. The molecule has 144 valence electrons. The van der Waals surface area contributed by atoms with Gasteiger partial charge in [-0.2, -0.15) is 4.31 Å². The van der Waals surface area contributed by atoms with Gasteiger partial charge in [-0.15, -0.1) is 11.3 Å². The van der Waals surface area contributed by atoms with Crippen LogP contribution in [-0.4, -0.2) is 31.1 Å². The molecule has 3 nitrogen and oxygen atoms in total. The van der Waals surface area contributed by atoms with Crippen LogP contribution in [0.2, 0.25) is 5.02 Å². The fraction of sp³-hybridized carbons (Fsp3) is 0.300. The van der Waals surface area contributed by atoms with Crippen LogP contribution in [0.5, 0.6) is 0 Å². The molecule has 2 aromatic carbocycles. The quantitative estimate of drug-likeness (QED) is 0.373. The Morgan fingerprint density at radius 2 is 1.85 bits per heavy atom. The van der Waals surface area contributed by atoms with E-state index in [-0.39, 0.29) is 0 Å². The molecule has 0 aliphatic carbocycles. The fourth-order valence-corrected chi connectivity index (χ4v) is 7.28. The summed E-state index contributed by atoms with van der Waals surface area (Å²) in [4.78, 5) is 0. The summed E-state index contributed by atoms with van der Waals surface area (Å²) in [6, 6.07) is 15.7. The Bertz CT molecular complexity index is 1020. The summed E-state index contributed by atoms with van der Waals surface area (Å²) in [7, 11) is -3.54. The van der Waals surface area contributed by atoms with E-state index in [9.17, 15) is 8.42 Å². The summed E-state index contributed by atoms with van der Waals surface area (Å²) < 4.78 is 29.6. The van der Waals surface area contributed by atoms with E-state index in [0.717, 1.165) is 28.5 Å². The second kappa shape index (κ2) is 9.05. The third kappa shape index (κ3) is 4.74. The Balaban J connectivity index is 1.84. The van der Waals surface area contributed by atoms with Crippen molar-refractivity contribution in [3.05, 3.63) is 64.7 Å². The van der Waals surface area contributed by atoms with Crippen LogP contribution in [0.1, 0.15) is 17.5 Å². The Morgan fingerprint density at radius 3 is 2.56 bits per heavy atom. The minimum Gasteiger partial charge on any atom is -0.206 e. The predicted octanol–water partition coefficient (Wildman–Crippen LogP) is 5.88. The summed E-state index contributed by atoms with van der Waals surface area (Å²) in [6.07, 6.45) is 1.64. The molecule has 7 heteroatoms. The van der Waals surface area contributed by atoms with Gasteiger partial charge in [0.15, 0.2) is 0 Å². The SMILES string of the molecule is Cc1c(S(=O)(=O)N(CCBr)CCCc2ccccc2)sc2ccc(Cl)cc12. The highest BCUT2D eigenvalue weighted by molar-refractivity contribution is 9.09. The van der Waals surface area contributed by atoms with E-state index in [2.05, 4.69) is 28.1 Å². The minimum absolute atomic E-state index is 0.417. The first kappa shape index (κ1) is 20.8. The van der Waals surface area contributed by atoms with Crippen molar-refractivity contribution in [1.82, 2.24) is 4.31 Å². The Labute approximate surface area is 178 Å². The number of sulfonamides is 1. The van der Waals surface area contributed by atoms with Crippen LogP contribution < -0.4 is 0 Å². The van der Waals surface area contributed by atoms with E-state index < -0.39 is 10.0 Å². The highest BCUT2D eigenvalue weighted by Gasteiger charge is 2.28. The molecular weight excluding hydrogens is 466 g/mol. The largest absolute Gasteiger partial charge is 0.252 e. The zero-order valence-electron chi connectivity index (χ0n) is 15.0. The molecule has 3 rings (SSSR count). The zero-order chi connectivity index (χ0) is 19.4. The van der Waals surface area contributed by atoms with Gasteiger partial charge in [0.1, 0.15) is 4.21 Å². The molecule has 0 N–H and O–H groups in total. The molecule has 3 aromatic rings. The van der Waals surface area contributed by atoms with E-state index in [0.29, 0.717) is 27.7 Å². The van der Waals surface area contributed by atoms with Crippen molar-refractivity contribution < 1.29 is 8.42 Å². The number of benzene rings is 2. The van der Waals surface area contributed by atoms with Gasteiger partial charge in [-0.05, 0) is 54.5 Å². The van der Waals surface area contributed by atoms with Crippen molar-refractivity contribution in [2.75, 3.05) is 18.4 Å². The van der Waals surface area contributed by atoms with Crippen LogP contribution in [0.3, 0.4) is 0 Å². The average molecular weight is 487 g/mol. The molecule has 0 saturated carbocycles. The standard InChI is InChI=1S/C20H21BrClNO2S2/c1-15-18-14-17(22)9-10-19(18)26-20(15)27(24,25)23(13-11-21)12-5-8-16-6-3-2-4-7-16/h2-4,6-7,9-10,14H,5,8,11-13H2,1H3. The number of nitrogens with zero attached hydrogens (tertiary/aromatic N) is 1. The van der Waals surface area contributed by atoms with E-state index in [4.69, 9.17) is 11.6 Å². The lowest BCUT2D eigenvalue weighted by Crippen LogP contribution is -2.33. The van der Waals surface area contributed by atoms with Gasteiger partial charge in [0, 0.05) is 28.1 Å². The van der Waals surface area contributed by atoms with Crippen molar-refractivity contribution in [3.63, 3.8) is 0 Å². The molecule has 27 heavy (non-hydrogen) atoms. The van der Waals surface area contributed by atoms with Crippen LogP contribution in [-0.2, 0) is 16.4 Å². The Hall–Kier alpha value is -0.920. The normalized spacial score (nSPS) is 12.1.